The number of rotatable bonds is 5. The number of allylic oxidation sites excluding steroid dienone is 2. The summed E-state index contributed by atoms with van der Waals surface area (Å²) in [5.74, 6) is -2.80. The number of nitrogens with zero attached hydrogens (tertiary/aromatic N) is 1. The minimum Gasteiger partial charge on any atom is -0.494 e. The summed E-state index contributed by atoms with van der Waals surface area (Å²) in [4.78, 5) is 24.0. The zero-order valence-electron chi connectivity index (χ0n) is 15.0. The molecule has 4 atom stereocenters. The molecule has 1 saturated carbocycles. The third-order valence-corrected chi connectivity index (χ3v) is 10.0. The topological polar surface area (TPSA) is 46.6 Å². The fraction of sp³-hybridized carbons (Fsp3) is 0.474. The van der Waals surface area contributed by atoms with E-state index in [2.05, 4.69) is 6.92 Å². The molecule has 10 heteroatoms. The molecule has 4 rings (SSSR count). The van der Waals surface area contributed by atoms with Crippen molar-refractivity contribution in [2.75, 3.05) is 11.5 Å². The van der Waals surface area contributed by atoms with Crippen LogP contribution in [-0.2, 0) is 9.59 Å². The lowest BCUT2D eigenvalue weighted by Gasteiger charge is -2.34. The van der Waals surface area contributed by atoms with Crippen molar-refractivity contribution in [3.8, 4) is 5.75 Å². The van der Waals surface area contributed by atoms with E-state index in [1.165, 1.54) is 0 Å². The first-order valence-electron chi connectivity index (χ1n) is 8.97. The van der Waals surface area contributed by atoms with Crippen molar-refractivity contribution in [1.82, 2.24) is 0 Å². The number of anilines is 1. The van der Waals surface area contributed by atoms with Crippen LogP contribution >= 0.6 is 69.6 Å². The molecule has 0 aromatic heterocycles. The van der Waals surface area contributed by atoms with Crippen LogP contribution < -0.4 is 9.64 Å². The molecular formula is C19H15Cl6NO3. The molecule has 4 unspecified atom stereocenters. The number of benzene rings is 1. The zero-order chi connectivity index (χ0) is 21.4. The van der Waals surface area contributed by atoms with Gasteiger partial charge in [0, 0.05) is 0 Å². The fourth-order valence-electron chi connectivity index (χ4n) is 4.28. The number of hydrogen-bond donors (Lipinski definition) is 0. The highest BCUT2D eigenvalue weighted by atomic mass is 35.5. The summed E-state index contributed by atoms with van der Waals surface area (Å²) in [6.07, 6.45) is 1.94. The lowest BCUT2D eigenvalue weighted by molar-refractivity contribution is -0.123. The van der Waals surface area contributed by atoms with E-state index in [4.69, 9.17) is 74.3 Å². The van der Waals surface area contributed by atoms with Crippen molar-refractivity contribution in [2.24, 2.45) is 11.8 Å². The molecule has 0 spiro atoms. The van der Waals surface area contributed by atoms with Gasteiger partial charge in [0.05, 0.1) is 34.2 Å². The molecule has 1 aromatic carbocycles. The Kier molecular flexibility index (Phi) is 5.34. The van der Waals surface area contributed by atoms with Crippen molar-refractivity contribution >= 4 is 87.1 Å². The van der Waals surface area contributed by atoms with Gasteiger partial charge in [-0.25, -0.2) is 4.90 Å². The SMILES string of the molecule is CCCCOc1ccc(N2C(=O)C3C(C2=O)C2(Cl)C(Cl)=C(Cl)C3(Cl)C2(Cl)Cl)cc1. The van der Waals surface area contributed by atoms with E-state index < -0.39 is 37.7 Å². The first kappa shape index (κ1) is 21.9. The molecule has 0 N–H and O–H groups in total. The Hall–Kier alpha value is -0.360. The normalized spacial score (nSPS) is 34.9. The Bertz CT molecular complexity index is 886. The van der Waals surface area contributed by atoms with Crippen LogP contribution in [0, 0.1) is 11.8 Å². The molecule has 1 heterocycles. The van der Waals surface area contributed by atoms with Gasteiger partial charge in [0.25, 0.3) is 0 Å². The molecule has 3 aliphatic rings. The van der Waals surface area contributed by atoms with E-state index in [1.807, 2.05) is 0 Å². The molecule has 0 radical (unpaired) electrons. The van der Waals surface area contributed by atoms with E-state index in [0.29, 0.717) is 18.0 Å². The third kappa shape index (κ3) is 2.54. The number of halogens is 6. The highest BCUT2D eigenvalue weighted by molar-refractivity contribution is 6.67. The average molecular weight is 518 g/mol. The van der Waals surface area contributed by atoms with Gasteiger partial charge in [-0.2, -0.15) is 0 Å². The van der Waals surface area contributed by atoms with Gasteiger partial charge in [-0.3, -0.25) is 9.59 Å². The van der Waals surface area contributed by atoms with Crippen molar-refractivity contribution in [2.45, 2.75) is 33.8 Å². The minimum atomic E-state index is -1.93. The second kappa shape index (κ2) is 7.08. The average Bonchev–Trinajstić information content (AvgIpc) is 3.07. The first-order chi connectivity index (χ1) is 13.5. The van der Waals surface area contributed by atoms with E-state index in [-0.39, 0.29) is 10.1 Å². The summed E-state index contributed by atoms with van der Waals surface area (Å²) in [5, 5.41) is -0.213. The van der Waals surface area contributed by atoms with Gasteiger partial charge in [-0.05, 0) is 30.7 Å². The van der Waals surface area contributed by atoms with E-state index in [1.54, 1.807) is 24.3 Å². The van der Waals surface area contributed by atoms with Crippen LogP contribution in [0.5, 0.6) is 5.75 Å². The lowest BCUT2D eigenvalue weighted by atomic mass is 9.84. The molecule has 2 amide bonds. The third-order valence-electron chi connectivity index (χ3n) is 5.77. The maximum atomic E-state index is 13.3. The minimum absolute atomic E-state index is 0.107. The zero-order valence-corrected chi connectivity index (χ0v) is 19.6. The highest BCUT2D eigenvalue weighted by Gasteiger charge is 2.87. The van der Waals surface area contributed by atoms with Crippen molar-refractivity contribution in [3.63, 3.8) is 0 Å². The number of unbranched alkanes of at least 4 members (excludes halogenated alkanes) is 1. The summed E-state index contributed by atoms with van der Waals surface area (Å²) in [6, 6.07) is 6.61. The number of alkyl halides is 4. The second-order valence-corrected chi connectivity index (χ2v) is 10.6. The number of hydrogen-bond acceptors (Lipinski definition) is 3. The highest BCUT2D eigenvalue weighted by Crippen LogP contribution is 2.77. The van der Waals surface area contributed by atoms with Gasteiger partial charge in [-0.1, -0.05) is 59.7 Å². The maximum absolute atomic E-state index is 13.3. The van der Waals surface area contributed by atoms with Crippen LogP contribution in [0.15, 0.2) is 34.3 Å². The predicted octanol–water partition coefficient (Wildman–Crippen LogP) is 5.82. The van der Waals surface area contributed by atoms with Gasteiger partial charge < -0.3 is 4.74 Å². The molecule has 156 valence electrons. The summed E-state index contributed by atoms with van der Waals surface area (Å²) < 4.78 is 3.69. The van der Waals surface area contributed by atoms with Crippen LogP contribution in [0.3, 0.4) is 0 Å². The largest absolute Gasteiger partial charge is 0.494 e. The standard InChI is InChI=1S/C19H15Cl6NO3/c1-2-3-8-29-10-6-4-9(5-7-10)26-15(27)11-12(16(26)28)18(23)14(21)13(20)17(11,22)19(18,24)25/h4-7,11-12H,2-3,8H2,1H3. The Labute approximate surface area is 197 Å². The Morgan fingerprint density at radius 2 is 1.41 bits per heavy atom. The van der Waals surface area contributed by atoms with Gasteiger partial charge in [0.1, 0.15) is 15.5 Å². The van der Waals surface area contributed by atoms with Crippen molar-refractivity contribution in [3.05, 3.63) is 34.3 Å². The van der Waals surface area contributed by atoms with Crippen LogP contribution in [0.1, 0.15) is 19.8 Å². The Morgan fingerprint density at radius 1 is 0.931 bits per heavy atom. The number of fused-ring (bicyclic) bond motifs is 5. The number of carbonyl (C=O) groups excluding carboxylic acids is 2. The van der Waals surface area contributed by atoms with Gasteiger partial charge >= 0.3 is 0 Å². The molecule has 4 nitrogen and oxygen atoms in total. The smallest absolute Gasteiger partial charge is 0.240 e. The summed E-state index contributed by atoms with van der Waals surface area (Å²) in [6.45, 7) is 2.65. The fourth-order valence-corrected chi connectivity index (χ4v) is 7.20. The lowest BCUT2D eigenvalue weighted by Crippen LogP contribution is -2.50. The maximum Gasteiger partial charge on any atom is 0.240 e. The molecule has 1 saturated heterocycles. The molecule has 2 bridgehead atoms. The van der Waals surface area contributed by atoms with Crippen molar-refractivity contribution in [1.29, 1.82) is 0 Å². The van der Waals surface area contributed by atoms with E-state index in [9.17, 15) is 9.59 Å². The molecule has 1 aromatic rings. The number of imide groups is 1. The molecule has 1 aliphatic heterocycles. The van der Waals surface area contributed by atoms with Crippen LogP contribution in [0.4, 0.5) is 5.69 Å². The van der Waals surface area contributed by atoms with Crippen LogP contribution in [-0.4, -0.2) is 32.5 Å². The Balaban J connectivity index is 1.69. The number of carbonyl (C=O) groups is 2. The summed E-state index contributed by atoms with van der Waals surface area (Å²) in [5.41, 5.74) is 0.360. The predicted molar refractivity (Wildman–Crippen MR) is 117 cm³/mol. The van der Waals surface area contributed by atoms with Crippen LogP contribution in [0.25, 0.3) is 0 Å². The quantitative estimate of drug-likeness (QED) is 0.281. The Morgan fingerprint density at radius 3 is 1.86 bits per heavy atom. The first-order valence-corrected chi connectivity index (χ1v) is 11.2. The van der Waals surface area contributed by atoms with E-state index in [0.717, 1.165) is 17.7 Å². The number of ether oxygens (including phenoxy) is 1. The monoisotopic (exact) mass is 515 g/mol. The second-order valence-electron chi connectivity index (χ2n) is 7.29. The van der Waals surface area contributed by atoms with Gasteiger partial charge in [0.15, 0.2) is 4.33 Å². The van der Waals surface area contributed by atoms with Crippen LogP contribution in [0.2, 0.25) is 0 Å². The van der Waals surface area contributed by atoms with Gasteiger partial charge in [-0.15, -0.1) is 23.2 Å². The molecule has 2 fully saturated rings. The molecular weight excluding hydrogens is 503 g/mol. The van der Waals surface area contributed by atoms with Gasteiger partial charge in [0.2, 0.25) is 11.8 Å². The molecule has 29 heavy (non-hydrogen) atoms. The summed E-state index contributed by atoms with van der Waals surface area (Å²) >= 11 is 38.9. The molecule has 2 aliphatic carbocycles. The number of amides is 2. The summed E-state index contributed by atoms with van der Waals surface area (Å²) in [7, 11) is 0. The van der Waals surface area contributed by atoms with Crippen molar-refractivity contribution < 1.29 is 14.3 Å². The van der Waals surface area contributed by atoms with E-state index >= 15 is 0 Å².